The van der Waals surface area contributed by atoms with E-state index in [0.29, 0.717) is 155 Å². The second-order valence-corrected chi connectivity index (χ2v) is 38.3. The number of epoxide rings is 4. The molecule has 6 aliphatic rings. The third kappa shape index (κ3) is 16.4. The van der Waals surface area contributed by atoms with E-state index in [-0.39, 0.29) is 124 Å². The number of carbonyl (C=O) groups is 6. The Morgan fingerprint density at radius 3 is 0.771 bits per heavy atom. The van der Waals surface area contributed by atoms with E-state index >= 15 is 28.8 Å². The quantitative estimate of drug-likeness (QED) is 0.0175. The third-order valence-electron chi connectivity index (χ3n) is 27.2. The Balaban J connectivity index is 0.764. The van der Waals surface area contributed by atoms with Crippen LogP contribution in [-0.2, 0) is 28.5 Å². The van der Waals surface area contributed by atoms with Crippen LogP contribution in [0.25, 0.3) is 87.0 Å². The van der Waals surface area contributed by atoms with Crippen LogP contribution in [0.3, 0.4) is 0 Å². The number of aryl methyl sites for hydroxylation is 8. The molecular formula is C120H92N4O20. The van der Waals surface area contributed by atoms with Crippen molar-refractivity contribution in [3.8, 4) is 69.0 Å². The molecule has 6 aliphatic heterocycles. The lowest BCUT2D eigenvalue weighted by atomic mass is 9.80. The molecule has 144 heavy (non-hydrogen) atoms. The van der Waals surface area contributed by atoms with Gasteiger partial charge in [0.1, 0.15) is 154 Å². The fourth-order valence-electron chi connectivity index (χ4n) is 20.7. The summed E-state index contributed by atoms with van der Waals surface area (Å²) in [4.78, 5) is 112. The Labute approximate surface area is 825 Å². The molecule has 24 nitrogen and oxygen atoms in total. The van der Waals surface area contributed by atoms with E-state index in [0.717, 1.165) is 65.1 Å². The molecule has 0 saturated carbocycles. The van der Waals surface area contributed by atoms with Crippen molar-refractivity contribution >= 4 is 145 Å². The fraction of sp³-hybridized carbons (Fsp3) is 0.183. The average Bonchev–Trinajstić information content (AvgIpc) is 1.61. The Bertz CT molecular complexity index is 7660. The van der Waals surface area contributed by atoms with E-state index in [1.165, 1.54) is 9.80 Å². The second kappa shape index (κ2) is 35.1. The first kappa shape index (κ1) is 88.5. The van der Waals surface area contributed by atoms with Crippen molar-refractivity contribution in [3.63, 3.8) is 0 Å². The number of carbonyl (C=O) groups excluding carboxylic acids is 6. The maximum Gasteiger partial charge on any atom is 0.262 e. The van der Waals surface area contributed by atoms with Crippen molar-refractivity contribution in [2.75, 3.05) is 62.7 Å². The molecule has 0 radical (unpaired) electrons. The summed E-state index contributed by atoms with van der Waals surface area (Å²) in [5, 5.41) is 4.52. The highest BCUT2D eigenvalue weighted by Crippen LogP contribution is 2.60. The van der Waals surface area contributed by atoms with Gasteiger partial charge in [-0.15, -0.1) is 0 Å². The summed E-state index contributed by atoms with van der Waals surface area (Å²) in [5.41, 5.74) is 9.80. The molecule has 8 heterocycles. The molecule has 2 aromatic heterocycles. The second-order valence-electron chi connectivity index (χ2n) is 38.3. The van der Waals surface area contributed by atoms with Gasteiger partial charge >= 0.3 is 0 Å². The molecule has 4 fully saturated rings. The molecule has 6 atom stereocenters. The van der Waals surface area contributed by atoms with E-state index < -0.39 is 47.5 Å². The summed E-state index contributed by atoms with van der Waals surface area (Å²) in [6.07, 6.45) is -0.260. The summed E-state index contributed by atoms with van der Waals surface area (Å²) in [5.74, 6) is -1.77. The van der Waals surface area contributed by atoms with Gasteiger partial charge in [-0.2, -0.15) is 0 Å². The Morgan fingerprint density at radius 2 is 0.521 bits per heavy atom. The first-order valence-electron chi connectivity index (χ1n) is 48.1. The zero-order valence-corrected chi connectivity index (χ0v) is 79.6. The minimum atomic E-state index is -1.84. The maximum absolute atomic E-state index is 17.9. The van der Waals surface area contributed by atoms with Crippen molar-refractivity contribution in [2.45, 2.75) is 91.9 Å². The topological polar surface area (TPSA) is 266 Å². The molecule has 6 amide bonds. The standard InChI is InChI=1S/C120H92N4O20/c1-63-37-64(2)42-81(41-63)139-101-51-93-105-94(116(126)123(115(93)125)113(71-17-35-91-89-13-9-11-15-97(89)143-99(91)49-71)119(129)121(73-19-27-77(28-20-73)131-55-85-59-135-85)74-21-29-78(30-22-74)132-56-86-60-136-86)53-103(141-83-45-67(5)39-68(6)46-83)109-110-104(142-84-47-69(7)40-70(8)48-84)54-96-106-95(52-102(108(112(106)110)107(101)111(105)109)140-82-43-65(3)38-66(4)44-82)117(127)124(118(96)128)114(72-18-36-92-90-14-10-12-16-98(90)144-100(92)50-72)120(130)122(75-23-31-79(32-24-75)133-57-87-61-137-87)76-25-33-80(34-26-76)134-58-88-62-138-88/h9-54,85-88,113-114H,55-62H2,1-8H3. The molecule has 0 aliphatic carbocycles. The number of hydrogen-bond acceptors (Lipinski definition) is 20. The van der Waals surface area contributed by atoms with Crippen LogP contribution >= 0.6 is 0 Å². The van der Waals surface area contributed by atoms with Gasteiger partial charge in [0.25, 0.3) is 35.4 Å². The van der Waals surface area contributed by atoms with E-state index in [1.807, 2.05) is 189 Å². The minimum Gasteiger partial charge on any atom is -0.491 e. The van der Waals surface area contributed by atoms with E-state index in [2.05, 4.69) is 0 Å². The monoisotopic (exact) mass is 1910 g/mol. The number of fused-ring (bicyclic) bond motifs is 8. The van der Waals surface area contributed by atoms with Crippen LogP contribution in [0.15, 0.2) is 288 Å². The van der Waals surface area contributed by atoms with Crippen LogP contribution in [0, 0.1) is 55.4 Å². The van der Waals surface area contributed by atoms with Crippen molar-refractivity contribution < 1.29 is 94.4 Å². The molecule has 17 aromatic carbocycles. The number of ether oxygens (including phenoxy) is 12. The predicted molar refractivity (Wildman–Crippen MR) is 547 cm³/mol. The lowest BCUT2D eigenvalue weighted by Crippen LogP contribution is -2.49. The molecule has 6 unspecified atom stereocenters. The molecule has 0 N–H and O–H groups in total. The van der Waals surface area contributed by atoms with Crippen LogP contribution in [-0.4, -0.2) is 123 Å². The van der Waals surface area contributed by atoms with Gasteiger partial charge in [0.15, 0.2) is 0 Å². The van der Waals surface area contributed by atoms with Crippen molar-refractivity contribution in [2.24, 2.45) is 0 Å². The van der Waals surface area contributed by atoms with E-state index in [9.17, 15) is 0 Å². The van der Waals surface area contributed by atoms with Crippen molar-refractivity contribution in [1.82, 2.24) is 9.80 Å². The largest absolute Gasteiger partial charge is 0.491 e. The first-order valence-corrected chi connectivity index (χ1v) is 48.1. The summed E-state index contributed by atoms with van der Waals surface area (Å²) >= 11 is 0. The van der Waals surface area contributed by atoms with Gasteiger partial charge < -0.3 is 65.7 Å². The number of imide groups is 2. The third-order valence-corrected chi connectivity index (χ3v) is 27.2. The maximum atomic E-state index is 17.9. The van der Waals surface area contributed by atoms with Gasteiger partial charge in [0.2, 0.25) is 0 Å². The molecular weight excluding hydrogens is 1820 g/mol. The number of para-hydroxylation sites is 2. The SMILES string of the molecule is Cc1cc(C)cc(Oc2cc3c4c(cc(Oc5cc(C)cc(C)c5)c5c6c(Oc7cc(C)cc(C)c7)cc7c8c(cc(Oc9cc(C)cc(C)c9)c(c2c45)c86)C(=O)N(C(C(=O)N(c2ccc(OCC4CO4)cc2)c2ccc(OCC4CO4)cc2)c2ccc4c(c2)oc2ccccc24)C7=O)C(=O)N(C(C(=O)N(c2ccc(OCC4CO4)cc2)c2ccc(OCC4CO4)cc2)c2ccc4c(c2)oc2ccccc24)C3=O)c1. The Morgan fingerprint density at radius 1 is 0.278 bits per heavy atom. The summed E-state index contributed by atoms with van der Waals surface area (Å²) < 4.78 is 91.0. The molecule has 4 saturated heterocycles. The van der Waals surface area contributed by atoms with Crippen LogP contribution in [0.2, 0.25) is 0 Å². The Hall–Kier alpha value is -16.9. The first-order chi connectivity index (χ1) is 70.0. The van der Waals surface area contributed by atoms with Gasteiger partial charge in [0, 0.05) is 87.4 Å². The number of anilines is 4. The number of rotatable bonds is 30. The molecule has 712 valence electrons. The van der Waals surface area contributed by atoms with E-state index in [1.54, 1.807) is 146 Å². The summed E-state index contributed by atoms with van der Waals surface area (Å²) in [7, 11) is 0. The van der Waals surface area contributed by atoms with Gasteiger partial charge in [-0.3, -0.25) is 48.4 Å². The molecule has 0 bridgehead atoms. The summed E-state index contributed by atoms with van der Waals surface area (Å²) in [6, 6.07) is 79.4. The fourth-order valence-corrected chi connectivity index (χ4v) is 20.7. The molecule has 24 heteroatoms. The molecule has 0 spiro atoms. The predicted octanol–water partition coefficient (Wildman–Crippen LogP) is 25.7. The number of amides is 6. The minimum absolute atomic E-state index is 0.0171. The van der Waals surface area contributed by atoms with Gasteiger partial charge in [0.05, 0.1) is 48.7 Å². The number of furan rings is 2. The van der Waals surface area contributed by atoms with Crippen LogP contribution in [0.1, 0.15) is 109 Å². The zero-order valence-electron chi connectivity index (χ0n) is 79.6. The number of benzene rings is 17. The lowest BCUT2D eigenvalue weighted by Gasteiger charge is -2.38. The van der Waals surface area contributed by atoms with Crippen LogP contribution in [0.4, 0.5) is 22.7 Å². The van der Waals surface area contributed by atoms with Crippen molar-refractivity contribution in [1.29, 1.82) is 0 Å². The normalized spacial score (nSPS) is 16.5. The van der Waals surface area contributed by atoms with Crippen LogP contribution < -0.4 is 47.7 Å². The number of hydrogen-bond donors (Lipinski definition) is 0. The van der Waals surface area contributed by atoms with E-state index in [4.69, 9.17) is 65.7 Å². The zero-order chi connectivity index (χ0) is 97.9. The lowest BCUT2D eigenvalue weighted by molar-refractivity contribution is -0.122. The number of nitrogens with zero attached hydrogens (tertiary/aromatic N) is 4. The molecule has 19 aromatic rings. The highest BCUT2D eigenvalue weighted by molar-refractivity contribution is 6.45. The van der Waals surface area contributed by atoms with Crippen molar-refractivity contribution in [3.05, 3.63) is 357 Å². The smallest absolute Gasteiger partial charge is 0.262 e. The van der Waals surface area contributed by atoms with Gasteiger partial charge in [-0.25, -0.2) is 0 Å². The van der Waals surface area contributed by atoms with Gasteiger partial charge in [-0.05, 0) is 305 Å². The van der Waals surface area contributed by atoms with Crippen LogP contribution in [0.5, 0.6) is 69.0 Å². The van der Waals surface area contributed by atoms with Gasteiger partial charge in [-0.1, -0.05) is 84.9 Å². The molecule has 25 rings (SSSR count). The highest BCUT2D eigenvalue weighted by Gasteiger charge is 2.50. The Kier molecular flexibility index (Phi) is 21.6. The highest BCUT2D eigenvalue weighted by atomic mass is 16.6. The summed E-state index contributed by atoms with van der Waals surface area (Å²) in [6.45, 7) is 19.0. The average molecular weight is 1910 g/mol.